The van der Waals surface area contributed by atoms with Gasteiger partial charge in [0, 0.05) is 25.2 Å². The fraction of sp³-hybridized carbons (Fsp3) is 0.833. The lowest BCUT2D eigenvalue weighted by atomic mass is 9.48. The molecule has 4 rings (SSSR count). The zero-order valence-corrected chi connectivity index (χ0v) is 19.8. The molecular weight excluding hydrogens is 416 g/mol. The summed E-state index contributed by atoms with van der Waals surface area (Å²) >= 11 is 0. The van der Waals surface area contributed by atoms with Crippen molar-refractivity contribution < 1.29 is 39.1 Å². The van der Waals surface area contributed by atoms with Crippen molar-refractivity contribution in [2.75, 3.05) is 6.61 Å². The molecule has 0 aromatic rings. The van der Waals surface area contributed by atoms with Crippen LogP contribution in [0.1, 0.15) is 60.8 Å². The Morgan fingerprint density at radius 1 is 1.06 bits per heavy atom. The van der Waals surface area contributed by atoms with Gasteiger partial charge in [-0.25, -0.2) is 0 Å². The molecular formula is C24H36O8. The standard InChI is InChI=1S/C24H36O8/c1-11-15(31-12(2)25)9-14-18(28)20-23(6,8-7-16(27)24(20)10-30-24)21(29)19(32-13(3)26)17(11)22(14,4)5/h14-16,18-21,27-29H,7-10H2,1-6H3/t14-,15-,16-,18+,19+,20-,21-,23+,24+/m0/s1. The first-order chi connectivity index (χ1) is 14.8. The highest BCUT2D eigenvalue weighted by atomic mass is 16.6. The molecule has 0 aromatic carbocycles. The Morgan fingerprint density at radius 2 is 1.66 bits per heavy atom. The van der Waals surface area contributed by atoms with E-state index in [0.717, 1.165) is 5.57 Å². The summed E-state index contributed by atoms with van der Waals surface area (Å²) in [7, 11) is 0. The monoisotopic (exact) mass is 452 g/mol. The van der Waals surface area contributed by atoms with Crippen molar-refractivity contribution in [3.05, 3.63) is 11.1 Å². The van der Waals surface area contributed by atoms with Crippen LogP contribution in [0.3, 0.4) is 0 Å². The van der Waals surface area contributed by atoms with E-state index >= 15 is 0 Å². The Hall–Kier alpha value is -1.48. The maximum atomic E-state index is 12.2. The van der Waals surface area contributed by atoms with Crippen LogP contribution < -0.4 is 0 Å². The van der Waals surface area contributed by atoms with Crippen LogP contribution in [0.2, 0.25) is 0 Å². The van der Waals surface area contributed by atoms with Crippen molar-refractivity contribution >= 4 is 11.9 Å². The quantitative estimate of drug-likeness (QED) is 0.327. The molecule has 32 heavy (non-hydrogen) atoms. The zero-order valence-electron chi connectivity index (χ0n) is 19.8. The summed E-state index contributed by atoms with van der Waals surface area (Å²) in [4.78, 5) is 24.0. The summed E-state index contributed by atoms with van der Waals surface area (Å²) in [6.07, 6.45) is -3.11. The van der Waals surface area contributed by atoms with Crippen LogP contribution in [-0.4, -0.2) is 70.0 Å². The number of rotatable bonds is 2. The summed E-state index contributed by atoms with van der Waals surface area (Å²) in [5.41, 5.74) is -1.02. The highest BCUT2D eigenvalue weighted by Crippen LogP contribution is 2.63. The van der Waals surface area contributed by atoms with Crippen molar-refractivity contribution in [1.82, 2.24) is 0 Å². The molecule has 2 saturated carbocycles. The van der Waals surface area contributed by atoms with Gasteiger partial charge in [-0.15, -0.1) is 0 Å². The topological polar surface area (TPSA) is 126 Å². The molecule has 9 atom stereocenters. The minimum atomic E-state index is -1.14. The summed E-state index contributed by atoms with van der Waals surface area (Å²) in [6.45, 7) is 10.6. The van der Waals surface area contributed by atoms with Crippen LogP contribution in [0.25, 0.3) is 0 Å². The highest BCUT2D eigenvalue weighted by Gasteiger charge is 2.71. The van der Waals surface area contributed by atoms with Gasteiger partial charge < -0.3 is 29.5 Å². The maximum absolute atomic E-state index is 12.2. The van der Waals surface area contributed by atoms with Crippen LogP contribution in [0.5, 0.6) is 0 Å². The molecule has 4 aliphatic rings. The number of epoxide rings is 1. The fourth-order valence-electron chi connectivity index (χ4n) is 7.19. The van der Waals surface area contributed by atoms with Gasteiger partial charge in [0.05, 0.1) is 18.8 Å². The molecule has 0 unspecified atom stereocenters. The Morgan fingerprint density at radius 3 is 2.19 bits per heavy atom. The zero-order chi connectivity index (χ0) is 23.8. The number of carbonyl (C=O) groups excluding carboxylic acids is 2. The molecule has 2 bridgehead atoms. The molecule has 180 valence electrons. The lowest BCUT2D eigenvalue weighted by Gasteiger charge is -2.60. The lowest BCUT2D eigenvalue weighted by molar-refractivity contribution is -0.209. The predicted octanol–water partition coefficient (Wildman–Crippen LogP) is 1.49. The van der Waals surface area contributed by atoms with Crippen molar-refractivity contribution in [2.45, 2.75) is 96.9 Å². The molecule has 1 aliphatic heterocycles. The second kappa shape index (κ2) is 7.52. The van der Waals surface area contributed by atoms with Gasteiger partial charge in [-0.1, -0.05) is 20.8 Å². The summed E-state index contributed by atoms with van der Waals surface area (Å²) in [6, 6.07) is 0. The van der Waals surface area contributed by atoms with Crippen LogP contribution in [0.4, 0.5) is 0 Å². The molecule has 0 radical (unpaired) electrons. The van der Waals surface area contributed by atoms with Crippen LogP contribution in [-0.2, 0) is 23.8 Å². The average Bonchev–Trinajstić information content (AvgIpc) is 3.45. The molecule has 3 fully saturated rings. The van der Waals surface area contributed by atoms with Gasteiger partial charge in [0.15, 0.2) is 6.10 Å². The Bertz CT molecular complexity index is 843. The van der Waals surface area contributed by atoms with E-state index in [-0.39, 0.29) is 5.92 Å². The van der Waals surface area contributed by atoms with E-state index in [2.05, 4.69) is 0 Å². The van der Waals surface area contributed by atoms with Gasteiger partial charge >= 0.3 is 11.9 Å². The molecule has 1 saturated heterocycles. The first-order valence-electron chi connectivity index (χ1n) is 11.5. The van der Waals surface area contributed by atoms with Gasteiger partial charge in [0.1, 0.15) is 17.8 Å². The Balaban J connectivity index is 1.94. The molecule has 1 heterocycles. The minimum Gasteiger partial charge on any atom is -0.458 e. The third-order valence-corrected chi connectivity index (χ3v) is 8.83. The smallest absolute Gasteiger partial charge is 0.303 e. The van der Waals surface area contributed by atoms with E-state index in [1.165, 1.54) is 13.8 Å². The Kier molecular flexibility index (Phi) is 5.56. The molecule has 1 spiro atoms. The normalized spacial score (nSPS) is 47.2. The molecule has 0 amide bonds. The minimum absolute atomic E-state index is 0.304. The van der Waals surface area contributed by atoms with E-state index < -0.39 is 64.8 Å². The average molecular weight is 453 g/mol. The lowest BCUT2D eigenvalue weighted by Crippen LogP contribution is -2.67. The van der Waals surface area contributed by atoms with Gasteiger partial charge in [-0.3, -0.25) is 9.59 Å². The summed E-state index contributed by atoms with van der Waals surface area (Å²) in [5, 5.41) is 34.5. The number of carbonyl (C=O) groups is 2. The van der Waals surface area contributed by atoms with E-state index in [9.17, 15) is 24.9 Å². The highest BCUT2D eigenvalue weighted by molar-refractivity contribution is 5.67. The number of hydrogen-bond acceptors (Lipinski definition) is 8. The summed E-state index contributed by atoms with van der Waals surface area (Å²) in [5.74, 6) is -1.91. The fourth-order valence-corrected chi connectivity index (χ4v) is 7.19. The number of aliphatic hydroxyl groups is 3. The molecule has 8 nitrogen and oxygen atoms in total. The third-order valence-electron chi connectivity index (χ3n) is 8.83. The number of aliphatic hydroxyl groups excluding tert-OH is 3. The van der Waals surface area contributed by atoms with Crippen LogP contribution in [0.15, 0.2) is 11.1 Å². The van der Waals surface area contributed by atoms with Crippen molar-refractivity contribution in [1.29, 1.82) is 0 Å². The second-order valence-electron chi connectivity index (χ2n) is 11.0. The number of ether oxygens (including phenoxy) is 3. The predicted molar refractivity (Wildman–Crippen MR) is 113 cm³/mol. The molecule has 3 aliphatic carbocycles. The summed E-state index contributed by atoms with van der Waals surface area (Å²) < 4.78 is 17.2. The van der Waals surface area contributed by atoms with E-state index in [4.69, 9.17) is 14.2 Å². The van der Waals surface area contributed by atoms with Gasteiger partial charge in [-0.2, -0.15) is 0 Å². The number of esters is 2. The Labute approximate surface area is 188 Å². The van der Waals surface area contributed by atoms with Crippen molar-refractivity contribution in [2.24, 2.45) is 22.7 Å². The SMILES string of the molecule is CC(=O)O[C@H]1C[C@H]2[C@@H](O)[C@H]3[C@@](C)(CC[C@H](O)[C@]34CO4)[C@@H](O)[C@H](OC(C)=O)C(=C1C)C2(C)C. The van der Waals surface area contributed by atoms with Crippen LogP contribution in [0, 0.1) is 22.7 Å². The van der Waals surface area contributed by atoms with E-state index in [0.29, 0.717) is 31.4 Å². The number of fused-ring (bicyclic) bond motifs is 4. The van der Waals surface area contributed by atoms with E-state index in [1.54, 1.807) is 0 Å². The molecule has 0 aromatic heterocycles. The van der Waals surface area contributed by atoms with Crippen molar-refractivity contribution in [3.8, 4) is 0 Å². The largest absolute Gasteiger partial charge is 0.458 e. The first kappa shape index (κ1) is 23.7. The second-order valence-corrected chi connectivity index (χ2v) is 11.0. The van der Waals surface area contributed by atoms with Gasteiger partial charge in [0.25, 0.3) is 0 Å². The molecule has 8 heteroatoms. The molecule has 3 N–H and O–H groups in total. The van der Waals surface area contributed by atoms with E-state index in [1.807, 2.05) is 27.7 Å². The van der Waals surface area contributed by atoms with Gasteiger partial charge in [0.2, 0.25) is 0 Å². The number of hydrogen-bond donors (Lipinski definition) is 3. The third kappa shape index (κ3) is 3.25. The van der Waals surface area contributed by atoms with Gasteiger partial charge in [-0.05, 0) is 48.7 Å². The maximum Gasteiger partial charge on any atom is 0.303 e. The van der Waals surface area contributed by atoms with Crippen molar-refractivity contribution in [3.63, 3.8) is 0 Å². The first-order valence-corrected chi connectivity index (χ1v) is 11.5. The van der Waals surface area contributed by atoms with Crippen LogP contribution >= 0.6 is 0 Å².